The van der Waals surface area contributed by atoms with Gasteiger partial charge in [0.25, 0.3) is 0 Å². The minimum absolute atomic E-state index is 0.143. The SMILES string of the molecule is CCCCC1=NC2(CCCC2)CN1c1ccc(-c2ccccc2-c2nnnn2Cc2ccccc2)cc1. The van der Waals surface area contributed by atoms with Crippen molar-refractivity contribution in [3.8, 4) is 22.5 Å². The summed E-state index contributed by atoms with van der Waals surface area (Å²) in [6.45, 7) is 3.91. The van der Waals surface area contributed by atoms with E-state index in [4.69, 9.17) is 4.99 Å². The minimum Gasteiger partial charge on any atom is -0.328 e. The molecule has 1 aliphatic heterocycles. The van der Waals surface area contributed by atoms with Crippen LogP contribution >= 0.6 is 0 Å². The lowest BCUT2D eigenvalue weighted by Crippen LogP contribution is -2.34. The number of anilines is 1. The first-order chi connectivity index (χ1) is 18.2. The van der Waals surface area contributed by atoms with Crippen LogP contribution in [0.25, 0.3) is 22.5 Å². The molecular formula is C31H34N6. The average Bonchev–Trinajstić information content (AvgIpc) is 3.69. The number of amidine groups is 1. The second-order valence-electron chi connectivity index (χ2n) is 10.4. The molecule has 6 nitrogen and oxygen atoms in total. The van der Waals surface area contributed by atoms with Crippen molar-refractivity contribution >= 4 is 11.5 Å². The van der Waals surface area contributed by atoms with Crippen molar-refractivity contribution in [3.05, 3.63) is 84.4 Å². The average molecular weight is 491 g/mol. The number of aliphatic imine (C=N–C) groups is 1. The van der Waals surface area contributed by atoms with Gasteiger partial charge >= 0.3 is 0 Å². The third-order valence-corrected chi connectivity index (χ3v) is 7.78. The Morgan fingerprint density at radius 1 is 0.838 bits per heavy atom. The lowest BCUT2D eigenvalue weighted by atomic mass is 9.98. The van der Waals surface area contributed by atoms with Crippen molar-refractivity contribution in [1.29, 1.82) is 0 Å². The van der Waals surface area contributed by atoms with Crippen LogP contribution in [0, 0.1) is 0 Å². The first kappa shape index (κ1) is 23.6. The van der Waals surface area contributed by atoms with E-state index in [-0.39, 0.29) is 5.54 Å². The summed E-state index contributed by atoms with van der Waals surface area (Å²) < 4.78 is 1.88. The molecule has 0 saturated heterocycles. The van der Waals surface area contributed by atoms with Crippen molar-refractivity contribution in [2.75, 3.05) is 11.4 Å². The fourth-order valence-electron chi connectivity index (χ4n) is 5.84. The Morgan fingerprint density at radius 2 is 1.57 bits per heavy atom. The van der Waals surface area contributed by atoms with Crippen molar-refractivity contribution in [2.45, 2.75) is 64.0 Å². The van der Waals surface area contributed by atoms with Crippen LogP contribution in [-0.4, -0.2) is 38.1 Å². The number of tetrazole rings is 1. The van der Waals surface area contributed by atoms with E-state index in [0.29, 0.717) is 6.54 Å². The molecule has 3 aromatic carbocycles. The molecule has 1 spiro atoms. The first-order valence-electron chi connectivity index (χ1n) is 13.6. The Balaban J connectivity index is 1.28. The van der Waals surface area contributed by atoms with Gasteiger partial charge in [0.2, 0.25) is 0 Å². The molecular weight excluding hydrogens is 456 g/mol. The summed E-state index contributed by atoms with van der Waals surface area (Å²) in [5.41, 5.74) is 5.89. The predicted molar refractivity (Wildman–Crippen MR) is 150 cm³/mol. The third-order valence-electron chi connectivity index (χ3n) is 7.78. The number of nitrogens with zero attached hydrogens (tertiary/aromatic N) is 6. The highest BCUT2D eigenvalue weighted by molar-refractivity contribution is 6.00. The van der Waals surface area contributed by atoms with Crippen molar-refractivity contribution in [2.24, 2.45) is 4.99 Å². The Morgan fingerprint density at radius 3 is 2.32 bits per heavy atom. The van der Waals surface area contributed by atoms with Crippen molar-refractivity contribution in [1.82, 2.24) is 20.2 Å². The number of benzene rings is 3. The highest BCUT2D eigenvalue weighted by Crippen LogP contribution is 2.40. The van der Waals surface area contributed by atoms with E-state index < -0.39 is 0 Å². The van der Waals surface area contributed by atoms with E-state index in [1.54, 1.807) is 0 Å². The molecule has 6 heteroatoms. The lowest BCUT2D eigenvalue weighted by molar-refractivity contribution is 0.477. The smallest absolute Gasteiger partial charge is 0.182 e. The Labute approximate surface area is 219 Å². The van der Waals surface area contributed by atoms with Crippen LogP contribution in [0.1, 0.15) is 57.4 Å². The molecule has 6 rings (SSSR count). The molecule has 0 atom stereocenters. The summed E-state index contributed by atoms with van der Waals surface area (Å²) in [4.78, 5) is 7.79. The zero-order chi connectivity index (χ0) is 25.1. The molecule has 1 fully saturated rings. The number of unbranched alkanes of at least 4 members (excludes halogenated alkanes) is 1. The third kappa shape index (κ3) is 4.80. The molecule has 2 heterocycles. The normalized spacial score (nSPS) is 16.5. The van der Waals surface area contributed by atoms with E-state index in [1.807, 2.05) is 22.9 Å². The van der Waals surface area contributed by atoms with Gasteiger partial charge in [0.05, 0.1) is 12.1 Å². The zero-order valence-corrected chi connectivity index (χ0v) is 21.6. The van der Waals surface area contributed by atoms with Crippen LogP contribution in [0.2, 0.25) is 0 Å². The van der Waals surface area contributed by atoms with Gasteiger partial charge in [0.1, 0.15) is 5.84 Å². The molecule has 0 N–H and O–H groups in total. The van der Waals surface area contributed by atoms with Crippen molar-refractivity contribution < 1.29 is 0 Å². The molecule has 4 aromatic rings. The Hall–Kier alpha value is -3.80. The quantitative estimate of drug-likeness (QED) is 0.273. The number of hydrogen-bond acceptors (Lipinski definition) is 5. The summed E-state index contributed by atoms with van der Waals surface area (Å²) in [5.74, 6) is 2.05. The molecule has 0 radical (unpaired) electrons. The Kier molecular flexibility index (Phi) is 6.56. The molecule has 188 valence electrons. The fraction of sp³-hybridized carbons (Fsp3) is 0.355. The summed E-state index contributed by atoms with van der Waals surface area (Å²) in [6.07, 6.45) is 8.50. The van der Waals surface area contributed by atoms with Gasteiger partial charge in [0.15, 0.2) is 5.82 Å². The number of hydrogen-bond donors (Lipinski definition) is 0. The van der Waals surface area contributed by atoms with Gasteiger partial charge in [-0.15, -0.1) is 5.10 Å². The van der Waals surface area contributed by atoms with Crippen LogP contribution < -0.4 is 4.90 Å². The largest absolute Gasteiger partial charge is 0.328 e. The fourth-order valence-corrected chi connectivity index (χ4v) is 5.84. The Bertz CT molecular complexity index is 1370. The number of rotatable bonds is 8. The van der Waals surface area contributed by atoms with Crippen molar-refractivity contribution in [3.63, 3.8) is 0 Å². The van der Waals surface area contributed by atoms with Crippen LogP contribution in [0.4, 0.5) is 5.69 Å². The van der Waals surface area contributed by atoms with E-state index in [0.717, 1.165) is 35.5 Å². The summed E-state index contributed by atoms with van der Waals surface area (Å²) in [5, 5.41) is 12.7. The summed E-state index contributed by atoms with van der Waals surface area (Å²) in [7, 11) is 0. The van der Waals surface area contributed by atoms with E-state index in [9.17, 15) is 0 Å². The van der Waals surface area contributed by atoms with Crippen LogP contribution in [0.15, 0.2) is 83.9 Å². The topological polar surface area (TPSA) is 59.2 Å². The van der Waals surface area contributed by atoms with Gasteiger partial charge in [0, 0.05) is 24.2 Å². The predicted octanol–water partition coefficient (Wildman–Crippen LogP) is 6.78. The molecule has 1 aromatic heterocycles. The zero-order valence-electron chi connectivity index (χ0n) is 21.6. The molecule has 0 amide bonds. The van der Waals surface area contributed by atoms with E-state index in [2.05, 4.69) is 88.0 Å². The van der Waals surface area contributed by atoms with Gasteiger partial charge in [-0.1, -0.05) is 92.9 Å². The van der Waals surface area contributed by atoms with Crippen LogP contribution in [0.3, 0.4) is 0 Å². The van der Waals surface area contributed by atoms with Crippen LogP contribution in [0.5, 0.6) is 0 Å². The summed E-state index contributed by atoms with van der Waals surface area (Å²) >= 11 is 0. The van der Waals surface area contributed by atoms with E-state index >= 15 is 0 Å². The summed E-state index contributed by atoms with van der Waals surface area (Å²) in [6, 6.07) is 27.7. The standard InChI is InChI=1S/C31H34N6/c1-2-3-15-29-32-31(20-9-10-21-31)23-36(29)26-18-16-25(17-19-26)27-13-7-8-14-28(27)30-33-34-35-37(30)22-24-11-5-4-6-12-24/h4-8,11-14,16-19H,2-3,9-10,15,20-23H2,1H3. The van der Waals surface area contributed by atoms with Gasteiger partial charge in [-0.2, -0.15) is 0 Å². The maximum Gasteiger partial charge on any atom is 0.182 e. The van der Waals surface area contributed by atoms with Gasteiger partial charge in [-0.25, -0.2) is 4.68 Å². The monoisotopic (exact) mass is 490 g/mol. The molecule has 2 aliphatic rings. The molecule has 0 bridgehead atoms. The van der Waals surface area contributed by atoms with Gasteiger partial charge in [-0.3, -0.25) is 4.99 Å². The lowest BCUT2D eigenvalue weighted by Gasteiger charge is -2.25. The second-order valence-corrected chi connectivity index (χ2v) is 10.4. The second kappa shape index (κ2) is 10.3. The molecule has 1 aliphatic carbocycles. The van der Waals surface area contributed by atoms with Crippen LogP contribution in [-0.2, 0) is 6.54 Å². The first-order valence-corrected chi connectivity index (χ1v) is 13.6. The highest BCUT2D eigenvalue weighted by Gasteiger charge is 2.41. The minimum atomic E-state index is 0.143. The maximum atomic E-state index is 5.30. The molecule has 1 saturated carbocycles. The number of aromatic nitrogens is 4. The molecule has 0 unspecified atom stereocenters. The maximum absolute atomic E-state index is 5.30. The van der Waals surface area contributed by atoms with Gasteiger partial charge < -0.3 is 4.90 Å². The van der Waals surface area contributed by atoms with E-state index in [1.165, 1.54) is 55.6 Å². The molecule has 37 heavy (non-hydrogen) atoms. The highest BCUT2D eigenvalue weighted by atomic mass is 15.5. The van der Waals surface area contributed by atoms with Gasteiger partial charge in [-0.05, 0) is 58.5 Å².